The third-order valence-corrected chi connectivity index (χ3v) is 5.48. The van der Waals surface area contributed by atoms with Gasteiger partial charge in [0.05, 0.1) is 15.6 Å². The van der Waals surface area contributed by atoms with Crippen LogP contribution in [0.2, 0.25) is 5.02 Å². The molecule has 0 amide bonds. The van der Waals surface area contributed by atoms with E-state index < -0.39 is 10.0 Å². The molecule has 3 atom stereocenters. The fourth-order valence-electron chi connectivity index (χ4n) is 3.13. The third kappa shape index (κ3) is 2.79. The van der Waals surface area contributed by atoms with Crippen LogP contribution in [0.4, 0.5) is 5.69 Å². The predicted molar refractivity (Wildman–Crippen MR) is 79.4 cm³/mol. The smallest absolute Gasteiger partial charge is 0.238 e. The van der Waals surface area contributed by atoms with E-state index in [4.69, 9.17) is 16.7 Å². The van der Waals surface area contributed by atoms with Gasteiger partial charge in [0.25, 0.3) is 0 Å². The monoisotopic (exact) mass is 315 g/mol. The van der Waals surface area contributed by atoms with Crippen LogP contribution in [0.1, 0.15) is 12.8 Å². The number of benzene rings is 1. The summed E-state index contributed by atoms with van der Waals surface area (Å²) in [6, 6.07) is 4.88. The van der Waals surface area contributed by atoms with Crippen LogP contribution in [0.5, 0.6) is 0 Å². The van der Waals surface area contributed by atoms with Crippen LogP contribution in [0.25, 0.3) is 0 Å². The lowest BCUT2D eigenvalue weighted by atomic mass is 9.94. The number of nitrogens with zero attached hydrogens (tertiary/aromatic N) is 1. The Balaban J connectivity index is 1.83. The number of hydrogen-bond acceptors (Lipinski definition) is 4. The number of sulfonamides is 1. The summed E-state index contributed by atoms with van der Waals surface area (Å²) in [6.45, 7) is 3.36. The molecule has 3 unspecified atom stereocenters. The summed E-state index contributed by atoms with van der Waals surface area (Å²) in [5, 5.41) is 9.10. The maximum Gasteiger partial charge on any atom is 0.238 e. The Morgan fingerprint density at radius 3 is 2.80 bits per heavy atom. The standard InChI is InChI=1S/C13H18ClN3O2S/c14-11-2-1-10(20(15,18)19)7-13(11)16-12-4-6-17-5-3-9(12)8-17/h1-2,7,9,12,16H,3-6,8H2,(H2,15,18,19). The van der Waals surface area contributed by atoms with Crippen LogP contribution < -0.4 is 10.5 Å². The number of fused-ring (bicyclic) bond motifs is 2. The van der Waals surface area contributed by atoms with Crippen LogP contribution in [-0.2, 0) is 10.0 Å². The number of nitrogens with one attached hydrogen (secondary N) is 1. The summed E-state index contributed by atoms with van der Waals surface area (Å²) in [6.07, 6.45) is 2.24. The molecular weight excluding hydrogens is 298 g/mol. The maximum absolute atomic E-state index is 11.4. The van der Waals surface area contributed by atoms with Crippen molar-refractivity contribution in [1.29, 1.82) is 0 Å². The van der Waals surface area contributed by atoms with E-state index in [1.54, 1.807) is 6.07 Å². The van der Waals surface area contributed by atoms with Crippen LogP contribution in [-0.4, -0.2) is 39.0 Å². The second kappa shape index (κ2) is 5.18. The molecule has 2 saturated heterocycles. The highest BCUT2D eigenvalue weighted by Crippen LogP contribution is 2.32. The van der Waals surface area contributed by atoms with Crippen LogP contribution in [0.15, 0.2) is 23.1 Å². The van der Waals surface area contributed by atoms with Gasteiger partial charge < -0.3 is 10.2 Å². The van der Waals surface area contributed by atoms with E-state index in [-0.39, 0.29) is 4.90 Å². The largest absolute Gasteiger partial charge is 0.381 e. The minimum atomic E-state index is -3.70. The Morgan fingerprint density at radius 2 is 2.05 bits per heavy atom. The van der Waals surface area contributed by atoms with Crippen molar-refractivity contribution in [2.24, 2.45) is 11.1 Å². The summed E-state index contributed by atoms with van der Waals surface area (Å²) in [7, 11) is -3.70. The highest BCUT2D eigenvalue weighted by atomic mass is 35.5. The minimum Gasteiger partial charge on any atom is -0.381 e. The summed E-state index contributed by atoms with van der Waals surface area (Å²) < 4.78 is 22.8. The molecular formula is C13H18ClN3O2S. The lowest BCUT2D eigenvalue weighted by molar-refractivity contribution is 0.255. The Hall–Kier alpha value is -0.820. The second-order valence-corrected chi connectivity index (χ2v) is 7.54. The number of anilines is 1. The van der Waals surface area contributed by atoms with Gasteiger partial charge in [0.2, 0.25) is 10.0 Å². The predicted octanol–water partition coefficient (Wildman–Crippen LogP) is 1.49. The van der Waals surface area contributed by atoms with Crippen molar-refractivity contribution in [1.82, 2.24) is 4.90 Å². The van der Waals surface area contributed by atoms with Crippen molar-refractivity contribution in [3.63, 3.8) is 0 Å². The van der Waals surface area contributed by atoms with Gasteiger partial charge in [0, 0.05) is 19.1 Å². The molecule has 7 heteroatoms. The lowest BCUT2D eigenvalue weighted by Gasteiger charge is -2.32. The molecule has 5 nitrogen and oxygen atoms in total. The first kappa shape index (κ1) is 14.1. The molecule has 2 fully saturated rings. The first-order chi connectivity index (χ1) is 9.43. The maximum atomic E-state index is 11.4. The number of piperidine rings is 1. The average Bonchev–Trinajstić information content (AvgIpc) is 2.77. The SMILES string of the molecule is NS(=O)(=O)c1ccc(Cl)c(NC2CCN3CCC2C3)c1. The van der Waals surface area contributed by atoms with Crippen molar-refractivity contribution < 1.29 is 8.42 Å². The summed E-state index contributed by atoms with van der Waals surface area (Å²) in [5.74, 6) is 0.609. The minimum absolute atomic E-state index is 0.0910. The van der Waals surface area contributed by atoms with E-state index >= 15 is 0 Å². The van der Waals surface area contributed by atoms with Crippen LogP contribution >= 0.6 is 11.6 Å². The Bertz CT molecular complexity index is 620. The summed E-state index contributed by atoms with van der Waals surface area (Å²) in [4.78, 5) is 2.55. The molecule has 20 heavy (non-hydrogen) atoms. The number of primary sulfonamides is 1. The normalized spacial score (nSPS) is 29.4. The number of rotatable bonds is 3. The molecule has 2 heterocycles. The van der Waals surface area contributed by atoms with Gasteiger partial charge in [-0.15, -0.1) is 0 Å². The number of nitrogens with two attached hydrogens (primary N) is 1. The van der Waals surface area contributed by atoms with E-state index in [9.17, 15) is 8.42 Å². The zero-order valence-corrected chi connectivity index (χ0v) is 12.6. The van der Waals surface area contributed by atoms with Crippen molar-refractivity contribution in [2.45, 2.75) is 23.8 Å². The number of hydrogen-bond donors (Lipinski definition) is 2. The van der Waals surface area contributed by atoms with Crippen molar-refractivity contribution in [3.8, 4) is 0 Å². The van der Waals surface area contributed by atoms with E-state index in [0.29, 0.717) is 22.7 Å². The Labute approximate surface area is 124 Å². The molecule has 0 radical (unpaired) electrons. The Kier molecular flexibility index (Phi) is 3.66. The quantitative estimate of drug-likeness (QED) is 0.886. The van der Waals surface area contributed by atoms with E-state index in [1.807, 2.05) is 0 Å². The van der Waals surface area contributed by atoms with Gasteiger partial charge in [-0.1, -0.05) is 11.6 Å². The first-order valence-electron chi connectivity index (χ1n) is 6.75. The zero-order valence-electron chi connectivity index (χ0n) is 11.0. The molecule has 110 valence electrons. The molecule has 3 rings (SSSR count). The zero-order chi connectivity index (χ0) is 14.3. The highest BCUT2D eigenvalue weighted by molar-refractivity contribution is 7.89. The fraction of sp³-hybridized carbons (Fsp3) is 0.538. The molecule has 2 bridgehead atoms. The van der Waals surface area contributed by atoms with E-state index in [0.717, 1.165) is 26.1 Å². The molecule has 0 saturated carbocycles. The molecule has 3 N–H and O–H groups in total. The van der Waals surface area contributed by atoms with Gasteiger partial charge >= 0.3 is 0 Å². The fourth-order valence-corrected chi connectivity index (χ4v) is 3.85. The lowest BCUT2D eigenvalue weighted by Crippen LogP contribution is -2.39. The van der Waals surface area contributed by atoms with Gasteiger partial charge in [-0.25, -0.2) is 13.6 Å². The van der Waals surface area contributed by atoms with Crippen molar-refractivity contribution in [3.05, 3.63) is 23.2 Å². The molecule has 0 aromatic heterocycles. The van der Waals surface area contributed by atoms with Crippen molar-refractivity contribution >= 4 is 27.3 Å². The van der Waals surface area contributed by atoms with Crippen LogP contribution in [0, 0.1) is 5.92 Å². The van der Waals surface area contributed by atoms with Crippen molar-refractivity contribution in [2.75, 3.05) is 25.0 Å². The Morgan fingerprint density at radius 1 is 1.30 bits per heavy atom. The molecule has 2 aliphatic rings. The molecule has 2 aliphatic heterocycles. The van der Waals surface area contributed by atoms with Gasteiger partial charge in [0.15, 0.2) is 0 Å². The van der Waals surface area contributed by atoms with Gasteiger partial charge in [0.1, 0.15) is 0 Å². The highest BCUT2D eigenvalue weighted by Gasteiger charge is 2.34. The van der Waals surface area contributed by atoms with Crippen LogP contribution in [0.3, 0.4) is 0 Å². The van der Waals surface area contributed by atoms with E-state index in [1.165, 1.54) is 18.6 Å². The topological polar surface area (TPSA) is 75.4 Å². The van der Waals surface area contributed by atoms with Gasteiger partial charge in [-0.05, 0) is 43.5 Å². The summed E-state index contributed by atoms with van der Waals surface area (Å²) in [5.41, 5.74) is 0.656. The van der Waals surface area contributed by atoms with Gasteiger partial charge in [-0.3, -0.25) is 0 Å². The second-order valence-electron chi connectivity index (χ2n) is 5.58. The first-order valence-corrected chi connectivity index (χ1v) is 8.67. The summed E-state index contributed by atoms with van der Waals surface area (Å²) >= 11 is 6.16. The molecule has 0 spiro atoms. The third-order valence-electron chi connectivity index (χ3n) is 4.24. The van der Waals surface area contributed by atoms with Gasteiger partial charge in [-0.2, -0.15) is 0 Å². The average molecular weight is 316 g/mol. The molecule has 0 aliphatic carbocycles. The molecule has 1 aromatic rings. The number of halogens is 1. The van der Waals surface area contributed by atoms with E-state index in [2.05, 4.69) is 10.2 Å². The molecule has 1 aromatic carbocycles.